The van der Waals surface area contributed by atoms with Crippen molar-refractivity contribution in [1.29, 1.82) is 0 Å². The summed E-state index contributed by atoms with van der Waals surface area (Å²) >= 11 is 0. The smallest absolute Gasteiger partial charge is 0.336 e. The number of allylic oxidation sites excluding steroid dienone is 4. The number of aromatic carboxylic acids is 1. The van der Waals surface area contributed by atoms with Crippen molar-refractivity contribution in [3.63, 3.8) is 0 Å². The molecule has 3 rings (SSSR count). The predicted octanol–water partition coefficient (Wildman–Crippen LogP) is 2.85. The number of fused-ring (bicyclic) bond motifs is 1. The Bertz CT molecular complexity index is 787. The van der Waals surface area contributed by atoms with E-state index in [-0.39, 0.29) is 11.3 Å². The third-order valence-electron chi connectivity index (χ3n) is 3.28. The number of hydrogen-bond donors (Lipinski definition) is 1. The molecule has 2 aromatic rings. The zero-order valence-electron chi connectivity index (χ0n) is 10.5. The van der Waals surface area contributed by atoms with Gasteiger partial charge in [-0.1, -0.05) is 18.2 Å². The molecule has 1 aromatic heterocycles. The average molecular weight is 265 g/mol. The highest BCUT2D eigenvalue weighted by Gasteiger charge is 2.11. The fraction of sp³-hybridized carbons (Fsp3) is 0.0625. The van der Waals surface area contributed by atoms with Crippen LogP contribution < -0.4 is 0 Å². The predicted molar refractivity (Wildman–Crippen MR) is 75.4 cm³/mol. The van der Waals surface area contributed by atoms with Crippen molar-refractivity contribution < 1.29 is 14.7 Å². The van der Waals surface area contributed by atoms with E-state index in [0.717, 1.165) is 11.1 Å². The van der Waals surface area contributed by atoms with E-state index in [1.807, 2.05) is 12.1 Å². The van der Waals surface area contributed by atoms with Gasteiger partial charge in [-0.05, 0) is 35.4 Å². The molecule has 0 spiro atoms. The van der Waals surface area contributed by atoms with Crippen molar-refractivity contribution >= 4 is 28.2 Å². The number of carboxylic acid groups (broad SMARTS) is 1. The number of pyridine rings is 1. The molecule has 98 valence electrons. The molecule has 4 heteroatoms. The van der Waals surface area contributed by atoms with Gasteiger partial charge in [-0.25, -0.2) is 4.79 Å². The first-order valence-corrected chi connectivity index (χ1v) is 6.18. The fourth-order valence-corrected chi connectivity index (χ4v) is 2.26. The molecule has 1 heterocycles. The molecule has 0 bridgehead atoms. The maximum Gasteiger partial charge on any atom is 0.336 e. The van der Waals surface area contributed by atoms with Gasteiger partial charge in [0.25, 0.3) is 0 Å². The number of aromatic nitrogens is 1. The van der Waals surface area contributed by atoms with Gasteiger partial charge in [0.1, 0.15) is 0 Å². The molecule has 0 aliphatic heterocycles. The third kappa shape index (κ3) is 2.12. The SMILES string of the molecule is O=C1C=CC(c2ccc3nccc(C(=O)O)c3c2)=CC1. The maximum atomic E-state index is 11.2. The van der Waals surface area contributed by atoms with Crippen molar-refractivity contribution in [3.8, 4) is 0 Å². The standard InChI is InChI=1S/C16H11NO3/c18-12-4-1-10(2-5-12)11-3-6-15-14(9-11)13(16(19)20)7-8-17-15/h1-4,6-9H,5H2,(H,19,20). The molecule has 20 heavy (non-hydrogen) atoms. The van der Waals surface area contributed by atoms with Crippen molar-refractivity contribution in [2.24, 2.45) is 0 Å². The number of benzene rings is 1. The van der Waals surface area contributed by atoms with Crippen molar-refractivity contribution in [3.05, 3.63) is 59.8 Å². The molecule has 0 saturated carbocycles. The molecule has 0 atom stereocenters. The Balaban J connectivity index is 2.15. The summed E-state index contributed by atoms with van der Waals surface area (Å²) < 4.78 is 0. The van der Waals surface area contributed by atoms with Crippen molar-refractivity contribution in [2.75, 3.05) is 0 Å². The summed E-state index contributed by atoms with van der Waals surface area (Å²) in [5.74, 6) is -0.902. The van der Waals surface area contributed by atoms with Gasteiger partial charge in [0, 0.05) is 18.0 Å². The lowest BCUT2D eigenvalue weighted by Gasteiger charge is -2.09. The summed E-state index contributed by atoms with van der Waals surface area (Å²) in [6, 6.07) is 6.97. The molecule has 0 amide bonds. The highest BCUT2D eigenvalue weighted by Crippen LogP contribution is 2.25. The first-order chi connectivity index (χ1) is 9.65. The van der Waals surface area contributed by atoms with Crippen LogP contribution in [0.1, 0.15) is 22.3 Å². The van der Waals surface area contributed by atoms with E-state index in [2.05, 4.69) is 4.98 Å². The minimum atomic E-state index is -0.974. The lowest BCUT2D eigenvalue weighted by molar-refractivity contribution is -0.113. The van der Waals surface area contributed by atoms with Crippen LogP contribution in [-0.2, 0) is 4.79 Å². The second kappa shape index (κ2) is 4.74. The molecule has 1 aliphatic carbocycles. The van der Waals surface area contributed by atoms with Gasteiger partial charge >= 0.3 is 5.97 Å². The Morgan fingerprint density at radius 2 is 2.05 bits per heavy atom. The Morgan fingerprint density at radius 1 is 1.20 bits per heavy atom. The Labute approximate surface area is 115 Å². The highest BCUT2D eigenvalue weighted by atomic mass is 16.4. The molecule has 0 fully saturated rings. The van der Waals surface area contributed by atoms with E-state index in [1.54, 1.807) is 24.3 Å². The van der Waals surface area contributed by atoms with Gasteiger partial charge in [0.05, 0.1) is 11.1 Å². The number of nitrogens with zero attached hydrogens (tertiary/aromatic N) is 1. The van der Waals surface area contributed by atoms with Crippen LogP contribution in [0.15, 0.2) is 48.7 Å². The molecule has 0 unspecified atom stereocenters. The van der Waals surface area contributed by atoms with Crippen LogP contribution in [0.4, 0.5) is 0 Å². The van der Waals surface area contributed by atoms with E-state index in [0.29, 0.717) is 17.3 Å². The van der Waals surface area contributed by atoms with Crippen LogP contribution in [0.3, 0.4) is 0 Å². The van der Waals surface area contributed by atoms with Crippen LogP contribution in [0.25, 0.3) is 16.5 Å². The summed E-state index contributed by atoms with van der Waals surface area (Å²) in [6.07, 6.45) is 7.01. The topological polar surface area (TPSA) is 67.3 Å². The molecular formula is C16H11NO3. The summed E-state index contributed by atoms with van der Waals surface area (Å²) in [5.41, 5.74) is 2.68. The molecule has 4 nitrogen and oxygen atoms in total. The summed E-state index contributed by atoms with van der Waals surface area (Å²) in [4.78, 5) is 26.6. The molecular weight excluding hydrogens is 254 g/mol. The zero-order valence-corrected chi connectivity index (χ0v) is 10.5. The van der Waals surface area contributed by atoms with E-state index >= 15 is 0 Å². The molecule has 0 saturated heterocycles. The lowest BCUT2D eigenvalue weighted by atomic mass is 9.96. The Hall–Kier alpha value is -2.75. The number of carbonyl (C=O) groups is 2. The number of rotatable bonds is 2. The maximum absolute atomic E-state index is 11.2. The van der Waals surface area contributed by atoms with Crippen molar-refractivity contribution in [1.82, 2.24) is 4.98 Å². The van der Waals surface area contributed by atoms with Crippen LogP contribution in [-0.4, -0.2) is 21.8 Å². The molecule has 1 aliphatic rings. The van der Waals surface area contributed by atoms with Crippen molar-refractivity contribution in [2.45, 2.75) is 6.42 Å². The highest BCUT2D eigenvalue weighted by molar-refractivity contribution is 6.04. The van der Waals surface area contributed by atoms with E-state index in [1.165, 1.54) is 12.3 Å². The minimum Gasteiger partial charge on any atom is -0.478 e. The minimum absolute atomic E-state index is 0.0717. The second-order valence-corrected chi connectivity index (χ2v) is 4.56. The van der Waals surface area contributed by atoms with Crippen LogP contribution in [0, 0.1) is 0 Å². The largest absolute Gasteiger partial charge is 0.478 e. The second-order valence-electron chi connectivity index (χ2n) is 4.56. The number of carboxylic acids is 1. The summed E-state index contributed by atoms with van der Waals surface area (Å²) in [7, 11) is 0. The van der Waals surface area contributed by atoms with Gasteiger partial charge in [-0.3, -0.25) is 9.78 Å². The Kier molecular flexibility index (Phi) is 2.91. The monoisotopic (exact) mass is 265 g/mol. The lowest BCUT2D eigenvalue weighted by Crippen LogP contribution is -1.99. The molecule has 0 radical (unpaired) electrons. The zero-order chi connectivity index (χ0) is 14.1. The van der Waals surface area contributed by atoms with Gasteiger partial charge in [0.15, 0.2) is 5.78 Å². The normalized spacial score (nSPS) is 14.4. The van der Waals surface area contributed by atoms with E-state index in [4.69, 9.17) is 0 Å². The number of carbonyl (C=O) groups excluding carboxylic acids is 1. The van der Waals surface area contributed by atoms with E-state index in [9.17, 15) is 14.7 Å². The third-order valence-corrected chi connectivity index (χ3v) is 3.28. The van der Waals surface area contributed by atoms with Crippen LogP contribution in [0.2, 0.25) is 0 Å². The Morgan fingerprint density at radius 3 is 2.75 bits per heavy atom. The van der Waals surface area contributed by atoms with Gasteiger partial charge in [-0.2, -0.15) is 0 Å². The van der Waals surface area contributed by atoms with Crippen LogP contribution in [0.5, 0.6) is 0 Å². The van der Waals surface area contributed by atoms with Crippen LogP contribution >= 0.6 is 0 Å². The average Bonchev–Trinajstić information content (AvgIpc) is 2.46. The number of hydrogen-bond acceptors (Lipinski definition) is 3. The fourth-order valence-electron chi connectivity index (χ4n) is 2.26. The first kappa shape index (κ1) is 12.3. The van der Waals surface area contributed by atoms with Gasteiger partial charge in [-0.15, -0.1) is 0 Å². The quantitative estimate of drug-likeness (QED) is 0.906. The number of ketones is 1. The molecule has 1 N–H and O–H groups in total. The molecule has 1 aromatic carbocycles. The van der Waals surface area contributed by atoms with Gasteiger partial charge in [0.2, 0.25) is 0 Å². The van der Waals surface area contributed by atoms with Gasteiger partial charge < -0.3 is 5.11 Å². The summed E-state index contributed by atoms with van der Waals surface area (Å²) in [6.45, 7) is 0. The first-order valence-electron chi connectivity index (χ1n) is 6.18. The van der Waals surface area contributed by atoms with E-state index < -0.39 is 5.97 Å². The summed E-state index contributed by atoms with van der Waals surface area (Å²) in [5, 5.41) is 9.82.